The zero-order valence-corrected chi connectivity index (χ0v) is 28.5. The fourth-order valence-electron chi connectivity index (χ4n) is 7.96. The molecule has 244 valence electrons. The quantitative estimate of drug-likeness (QED) is 0.172. The molecule has 0 aliphatic heterocycles. The Morgan fingerprint density at radius 2 is 0.827 bits per heavy atom. The van der Waals surface area contributed by atoms with Crippen molar-refractivity contribution in [2.24, 2.45) is 0 Å². The van der Waals surface area contributed by atoms with Crippen molar-refractivity contribution in [1.29, 1.82) is 0 Å². The van der Waals surface area contributed by atoms with Crippen LogP contribution in [-0.4, -0.2) is 4.57 Å². The van der Waals surface area contributed by atoms with Gasteiger partial charge in [0.15, 0.2) is 0 Å². The van der Waals surface area contributed by atoms with Gasteiger partial charge in [-0.25, -0.2) is 0 Å². The first-order chi connectivity index (χ1) is 25.8. The number of fused-ring (bicyclic) bond motifs is 6. The van der Waals surface area contributed by atoms with Crippen LogP contribution in [0.2, 0.25) is 0 Å². The molecule has 1 heterocycles. The van der Waals surface area contributed by atoms with Crippen LogP contribution in [0.3, 0.4) is 0 Å². The highest BCUT2D eigenvalue weighted by atomic mass is 15.1. The Morgan fingerprint density at radius 1 is 0.308 bits per heavy atom. The summed E-state index contributed by atoms with van der Waals surface area (Å²) in [5.74, 6) is 0. The van der Waals surface area contributed by atoms with E-state index >= 15 is 0 Å². The highest BCUT2D eigenvalue weighted by molar-refractivity contribution is 6.25. The van der Waals surface area contributed by atoms with Gasteiger partial charge in [-0.1, -0.05) is 152 Å². The topological polar surface area (TPSA) is 8.17 Å². The molecule has 0 atom stereocenters. The first-order valence-electron chi connectivity index (χ1n) is 17.9. The molecule has 52 heavy (non-hydrogen) atoms. The van der Waals surface area contributed by atoms with Crippen LogP contribution < -0.4 is 4.90 Å². The van der Waals surface area contributed by atoms with Crippen molar-refractivity contribution in [3.8, 4) is 27.9 Å². The molecule has 0 N–H and O–H groups in total. The summed E-state index contributed by atoms with van der Waals surface area (Å²) in [5, 5.41) is 7.48. The van der Waals surface area contributed by atoms with Gasteiger partial charge in [0.1, 0.15) is 0 Å². The fourth-order valence-corrected chi connectivity index (χ4v) is 7.96. The van der Waals surface area contributed by atoms with Crippen LogP contribution in [-0.2, 0) is 0 Å². The van der Waals surface area contributed by atoms with Gasteiger partial charge < -0.3 is 9.47 Å². The summed E-state index contributed by atoms with van der Waals surface area (Å²) in [6, 6.07) is 74.6. The standard InChI is InChI=1S/C50H34N2/c1-4-14-35(15-5-1)36-24-29-42(30-25-36)51(40-18-6-2-7-19-40)43-31-26-38(27-32-43)48-44-22-12-11-17-39(44)34-47-46-33-28-37-16-10-13-23-45(37)49(46)52(50(47)48)41-20-8-3-9-21-41/h1-34H. The number of para-hydroxylation sites is 2. The minimum Gasteiger partial charge on any atom is -0.311 e. The molecule has 1 aromatic heterocycles. The van der Waals surface area contributed by atoms with Crippen molar-refractivity contribution in [3.05, 3.63) is 206 Å². The van der Waals surface area contributed by atoms with Gasteiger partial charge in [-0.15, -0.1) is 0 Å². The molecule has 0 saturated heterocycles. The molecule has 9 aromatic carbocycles. The van der Waals surface area contributed by atoms with Crippen LogP contribution in [0.4, 0.5) is 17.1 Å². The van der Waals surface area contributed by atoms with E-state index in [0.717, 1.165) is 22.7 Å². The smallest absolute Gasteiger partial charge is 0.0626 e. The molecule has 0 aliphatic rings. The molecule has 0 amide bonds. The number of benzene rings is 9. The summed E-state index contributed by atoms with van der Waals surface area (Å²) in [6.07, 6.45) is 0. The Kier molecular flexibility index (Phi) is 7.18. The van der Waals surface area contributed by atoms with E-state index in [2.05, 4.69) is 216 Å². The molecular formula is C50H34N2. The summed E-state index contributed by atoms with van der Waals surface area (Å²) in [7, 11) is 0. The third-order valence-corrected chi connectivity index (χ3v) is 10.3. The highest BCUT2D eigenvalue weighted by Crippen LogP contribution is 2.45. The predicted octanol–water partition coefficient (Wildman–Crippen LogP) is 13.9. The van der Waals surface area contributed by atoms with Crippen LogP contribution in [0, 0.1) is 0 Å². The van der Waals surface area contributed by atoms with Gasteiger partial charge >= 0.3 is 0 Å². The first-order valence-corrected chi connectivity index (χ1v) is 17.9. The van der Waals surface area contributed by atoms with E-state index in [4.69, 9.17) is 0 Å². The Labute approximate surface area is 303 Å². The number of anilines is 3. The Hall–Kier alpha value is -6.90. The van der Waals surface area contributed by atoms with Gasteiger partial charge in [-0.3, -0.25) is 0 Å². The maximum Gasteiger partial charge on any atom is 0.0626 e. The second-order valence-corrected chi connectivity index (χ2v) is 13.4. The average molecular weight is 663 g/mol. The maximum atomic E-state index is 2.49. The molecular weight excluding hydrogens is 629 g/mol. The monoisotopic (exact) mass is 662 g/mol. The Bertz CT molecular complexity index is 2850. The molecule has 0 saturated carbocycles. The highest BCUT2D eigenvalue weighted by Gasteiger charge is 2.21. The van der Waals surface area contributed by atoms with Crippen LogP contribution in [0.25, 0.3) is 71.3 Å². The second kappa shape index (κ2) is 12.5. The molecule has 0 bridgehead atoms. The molecule has 10 aromatic rings. The second-order valence-electron chi connectivity index (χ2n) is 13.4. The maximum absolute atomic E-state index is 2.49. The van der Waals surface area contributed by atoms with Gasteiger partial charge in [0.25, 0.3) is 0 Å². The Balaban J connectivity index is 1.20. The van der Waals surface area contributed by atoms with Gasteiger partial charge in [0.05, 0.1) is 11.0 Å². The molecule has 0 unspecified atom stereocenters. The van der Waals surface area contributed by atoms with Crippen LogP contribution >= 0.6 is 0 Å². The fraction of sp³-hybridized carbons (Fsp3) is 0. The van der Waals surface area contributed by atoms with Crippen molar-refractivity contribution in [2.75, 3.05) is 4.90 Å². The van der Waals surface area contributed by atoms with Crippen LogP contribution in [0.5, 0.6) is 0 Å². The molecule has 0 radical (unpaired) electrons. The molecule has 10 rings (SSSR count). The summed E-state index contributed by atoms with van der Waals surface area (Å²) in [4.78, 5) is 2.34. The minimum absolute atomic E-state index is 1.11. The third kappa shape index (κ3) is 4.96. The minimum atomic E-state index is 1.11. The van der Waals surface area contributed by atoms with Crippen LogP contribution in [0.15, 0.2) is 206 Å². The lowest BCUT2D eigenvalue weighted by Gasteiger charge is -2.26. The molecule has 0 aliphatic carbocycles. The average Bonchev–Trinajstić information content (AvgIpc) is 3.56. The zero-order chi connectivity index (χ0) is 34.4. The van der Waals surface area contributed by atoms with Gasteiger partial charge in [0, 0.05) is 44.5 Å². The van der Waals surface area contributed by atoms with Crippen molar-refractivity contribution in [2.45, 2.75) is 0 Å². The van der Waals surface area contributed by atoms with Gasteiger partial charge in [0.2, 0.25) is 0 Å². The summed E-state index contributed by atoms with van der Waals surface area (Å²) in [6.45, 7) is 0. The number of hydrogen-bond donors (Lipinski definition) is 0. The SMILES string of the molecule is c1ccc(-c2ccc(N(c3ccccc3)c3ccc(-c4c5ccccc5cc5c6ccc7ccccc7c6n(-c6ccccc6)c45)cc3)cc2)cc1. The van der Waals surface area contributed by atoms with E-state index in [9.17, 15) is 0 Å². The van der Waals surface area contributed by atoms with E-state index in [0.29, 0.717) is 0 Å². The third-order valence-electron chi connectivity index (χ3n) is 10.3. The van der Waals surface area contributed by atoms with Gasteiger partial charge in [-0.2, -0.15) is 0 Å². The number of rotatable bonds is 6. The van der Waals surface area contributed by atoms with Crippen molar-refractivity contribution >= 4 is 60.4 Å². The summed E-state index contributed by atoms with van der Waals surface area (Å²) < 4.78 is 2.49. The van der Waals surface area contributed by atoms with Crippen molar-refractivity contribution < 1.29 is 0 Å². The first kappa shape index (κ1) is 30.0. The Morgan fingerprint density at radius 3 is 1.52 bits per heavy atom. The van der Waals surface area contributed by atoms with E-state index in [1.54, 1.807) is 0 Å². The number of hydrogen-bond acceptors (Lipinski definition) is 1. The van der Waals surface area contributed by atoms with E-state index in [1.165, 1.54) is 65.6 Å². The van der Waals surface area contributed by atoms with E-state index in [1.807, 2.05) is 0 Å². The van der Waals surface area contributed by atoms with Crippen molar-refractivity contribution in [1.82, 2.24) is 4.57 Å². The zero-order valence-electron chi connectivity index (χ0n) is 28.5. The van der Waals surface area contributed by atoms with Crippen molar-refractivity contribution in [3.63, 3.8) is 0 Å². The molecule has 2 nitrogen and oxygen atoms in total. The predicted molar refractivity (Wildman–Crippen MR) is 221 cm³/mol. The number of aromatic nitrogens is 1. The van der Waals surface area contributed by atoms with E-state index < -0.39 is 0 Å². The summed E-state index contributed by atoms with van der Waals surface area (Å²) in [5.41, 5.74) is 11.8. The lowest BCUT2D eigenvalue weighted by Crippen LogP contribution is -2.09. The largest absolute Gasteiger partial charge is 0.311 e. The van der Waals surface area contributed by atoms with E-state index in [-0.39, 0.29) is 0 Å². The summed E-state index contributed by atoms with van der Waals surface area (Å²) >= 11 is 0. The molecule has 0 spiro atoms. The van der Waals surface area contributed by atoms with Gasteiger partial charge in [-0.05, 0) is 87.4 Å². The number of nitrogens with zero attached hydrogens (tertiary/aromatic N) is 2. The molecule has 0 fully saturated rings. The lowest BCUT2D eigenvalue weighted by atomic mass is 9.94. The molecule has 2 heteroatoms. The lowest BCUT2D eigenvalue weighted by molar-refractivity contribution is 1.19. The normalized spacial score (nSPS) is 11.5. The van der Waals surface area contributed by atoms with Crippen LogP contribution in [0.1, 0.15) is 0 Å².